The Hall–Kier alpha value is -3.32. The number of hydrogen-bond donors (Lipinski definition) is 2. The van der Waals surface area contributed by atoms with Gasteiger partial charge in [-0.2, -0.15) is 0 Å². The lowest BCUT2D eigenvalue weighted by molar-refractivity contribution is 0.101. The zero-order valence-corrected chi connectivity index (χ0v) is 17.5. The molecule has 4 aromatic rings. The number of nitrogens with one attached hydrogen (secondary N) is 2. The first-order chi connectivity index (χ1) is 14.5. The molecule has 3 aromatic heterocycles. The summed E-state index contributed by atoms with van der Waals surface area (Å²) >= 11 is 0. The van der Waals surface area contributed by atoms with Crippen molar-refractivity contribution >= 4 is 22.5 Å². The highest BCUT2D eigenvalue weighted by molar-refractivity contribution is 6.05. The van der Waals surface area contributed by atoms with Crippen LogP contribution in [0.4, 0.5) is 5.69 Å². The SMILES string of the molecule is CC(=O)c1c(C)[nH]c(-c2nc3ccc(N4CCN(C)CC4)cc3[nH]2)c1-c1ccco1. The molecule has 1 saturated heterocycles. The van der Waals surface area contributed by atoms with E-state index in [1.807, 2.05) is 19.1 Å². The van der Waals surface area contributed by atoms with E-state index in [1.165, 1.54) is 5.69 Å². The predicted molar refractivity (Wildman–Crippen MR) is 118 cm³/mol. The maximum Gasteiger partial charge on any atom is 0.162 e. The van der Waals surface area contributed by atoms with Crippen LogP contribution in [0.2, 0.25) is 0 Å². The lowest BCUT2D eigenvalue weighted by Crippen LogP contribution is -2.44. The fourth-order valence-electron chi connectivity index (χ4n) is 4.29. The Bertz CT molecular complexity index is 1210. The predicted octanol–water partition coefficient (Wildman–Crippen LogP) is 4.08. The third-order valence-electron chi connectivity index (χ3n) is 5.88. The van der Waals surface area contributed by atoms with E-state index < -0.39 is 0 Å². The number of imidazole rings is 1. The molecule has 0 unspecified atom stereocenters. The smallest absolute Gasteiger partial charge is 0.162 e. The minimum absolute atomic E-state index is 0.00476. The van der Waals surface area contributed by atoms with Crippen LogP contribution >= 0.6 is 0 Å². The highest BCUT2D eigenvalue weighted by atomic mass is 16.3. The van der Waals surface area contributed by atoms with Crippen LogP contribution in [0, 0.1) is 6.92 Å². The van der Waals surface area contributed by atoms with Crippen molar-refractivity contribution < 1.29 is 9.21 Å². The van der Waals surface area contributed by atoms with Crippen molar-refractivity contribution in [3.05, 3.63) is 47.9 Å². The van der Waals surface area contributed by atoms with Crippen molar-refractivity contribution in [2.75, 3.05) is 38.1 Å². The molecule has 0 spiro atoms. The number of aryl methyl sites for hydroxylation is 1. The number of fused-ring (bicyclic) bond motifs is 1. The molecule has 0 bridgehead atoms. The highest BCUT2D eigenvalue weighted by Crippen LogP contribution is 2.37. The van der Waals surface area contributed by atoms with Crippen LogP contribution in [0.3, 0.4) is 0 Å². The van der Waals surface area contributed by atoms with Gasteiger partial charge < -0.3 is 24.2 Å². The molecule has 0 amide bonds. The number of hydrogen-bond acceptors (Lipinski definition) is 5. The molecule has 1 aliphatic rings. The first kappa shape index (κ1) is 18.7. The van der Waals surface area contributed by atoms with Crippen LogP contribution in [0.15, 0.2) is 41.0 Å². The van der Waals surface area contributed by atoms with E-state index in [4.69, 9.17) is 9.40 Å². The van der Waals surface area contributed by atoms with Gasteiger partial charge in [0.15, 0.2) is 11.6 Å². The molecule has 5 rings (SSSR count). The van der Waals surface area contributed by atoms with Crippen LogP contribution in [0.1, 0.15) is 23.0 Å². The number of aromatic amines is 2. The maximum atomic E-state index is 12.3. The van der Waals surface area contributed by atoms with Crippen LogP contribution in [-0.2, 0) is 0 Å². The van der Waals surface area contributed by atoms with E-state index >= 15 is 0 Å². The molecule has 30 heavy (non-hydrogen) atoms. The molecule has 0 aliphatic carbocycles. The summed E-state index contributed by atoms with van der Waals surface area (Å²) in [5, 5.41) is 0. The molecule has 1 aliphatic heterocycles. The Kier molecular flexibility index (Phi) is 4.47. The van der Waals surface area contributed by atoms with Gasteiger partial charge in [-0.15, -0.1) is 0 Å². The van der Waals surface area contributed by atoms with Gasteiger partial charge in [-0.25, -0.2) is 4.98 Å². The van der Waals surface area contributed by atoms with E-state index in [1.54, 1.807) is 13.2 Å². The van der Waals surface area contributed by atoms with Gasteiger partial charge in [0.05, 0.1) is 28.6 Å². The van der Waals surface area contributed by atoms with Crippen molar-refractivity contribution in [3.8, 4) is 22.8 Å². The van der Waals surface area contributed by atoms with Crippen molar-refractivity contribution in [2.45, 2.75) is 13.8 Å². The number of nitrogens with zero attached hydrogens (tertiary/aromatic N) is 3. The van der Waals surface area contributed by atoms with E-state index in [2.05, 4.69) is 45.0 Å². The summed E-state index contributed by atoms with van der Waals surface area (Å²) in [4.78, 5) is 28.7. The number of benzene rings is 1. The van der Waals surface area contributed by atoms with Crippen LogP contribution in [0.5, 0.6) is 0 Å². The number of H-pyrrole nitrogens is 2. The molecule has 4 heterocycles. The third kappa shape index (κ3) is 3.11. The molecule has 0 atom stereocenters. The molecule has 2 N–H and O–H groups in total. The fraction of sp³-hybridized carbons (Fsp3) is 0.304. The molecular formula is C23H25N5O2. The number of likely N-dealkylation sites (N-methyl/N-ethyl adjacent to an activating group) is 1. The standard InChI is InChI=1S/C23H25N5O2/c1-14-20(15(2)29)21(19-5-4-12-30-19)22(24-14)23-25-17-7-6-16(13-18(17)26-23)28-10-8-27(3)9-11-28/h4-7,12-13,24H,8-11H2,1-3H3,(H,25,26). The summed E-state index contributed by atoms with van der Waals surface area (Å²) in [5.41, 5.74) is 6.03. The first-order valence-corrected chi connectivity index (χ1v) is 10.2. The second kappa shape index (κ2) is 7.18. The van der Waals surface area contributed by atoms with E-state index in [0.29, 0.717) is 17.1 Å². The fourth-order valence-corrected chi connectivity index (χ4v) is 4.29. The number of carbonyl (C=O) groups excluding carboxylic acids is 1. The number of piperazine rings is 1. The summed E-state index contributed by atoms with van der Waals surface area (Å²) in [5.74, 6) is 1.34. The van der Waals surface area contributed by atoms with Gasteiger partial charge in [0.2, 0.25) is 0 Å². The van der Waals surface area contributed by atoms with Gasteiger partial charge in [-0.05, 0) is 51.2 Å². The van der Waals surface area contributed by atoms with Gasteiger partial charge in [-0.3, -0.25) is 4.79 Å². The van der Waals surface area contributed by atoms with Gasteiger partial charge in [0.1, 0.15) is 5.76 Å². The van der Waals surface area contributed by atoms with Crippen LogP contribution < -0.4 is 4.90 Å². The monoisotopic (exact) mass is 403 g/mol. The summed E-state index contributed by atoms with van der Waals surface area (Å²) in [6.45, 7) is 7.64. The zero-order chi connectivity index (χ0) is 20.8. The molecule has 0 radical (unpaired) electrons. The Morgan fingerprint density at radius 3 is 2.63 bits per heavy atom. The molecule has 154 valence electrons. The summed E-state index contributed by atoms with van der Waals surface area (Å²) in [6, 6.07) is 10.0. The summed E-state index contributed by atoms with van der Waals surface area (Å²) in [7, 11) is 2.16. The molecule has 1 aromatic carbocycles. The van der Waals surface area contributed by atoms with Gasteiger partial charge >= 0.3 is 0 Å². The van der Waals surface area contributed by atoms with E-state index in [0.717, 1.165) is 54.2 Å². The van der Waals surface area contributed by atoms with Crippen LogP contribution in [0.25, 0.3) is 33.9 Å². The Morgan fingerprint density at radius 1 is 1.13 bits per heavy atom. The average Bonchev–Trinajstić information content (AvgIpc) is 3.45. The number of furan rings is 1. The minimum Gasteiger partial charge on any atom is -0.464 e. The van der Waals surface area contributed by atoms with Crippen LogP contribution in [-0.4, -0.2) is 58.9 Å². The van der Waals surface area contributed by atoms with Gasteiger partial charge in [0.25, 0.3) is 0 Å². The summed E-state index contributed by atoms with van der Waals surface area (Å²) in [6.07, 6.45) is 1.62. The number of Topliss-reactive ketones (excluding diaryl/α,β-unsaturated/α-hetero) is 1. The topological polar surface area (TPSA) is 81.2 Å². The lowest BCUT2D eigenvalue weighted by atomic mass is 10.0. The van der Waals surface area contributed by atoms with Crippen molar-refractivity contribution in [2.24, 2.45) is 0 Å². The van der Waals surface area contributed by atoms with Gasteiger partial charge in [0, 0.05) is 43.1 Å². The van der Waals surface area contributed by atoms with Crippen molar-refractivity contribution in [1.29, 1.82) is 0 Å². The Morgan fingerprint density at radius 2 is 1.93 bits per heavy atom. The van der Waals surface area contributed by atoms with Crippen molar-refractivity contribution in [3.63, 3.8) is 0 Å². The molecule has 7 heteroatoms. The average molecular weight is 403 g/mol. The number of carbonyl (C=O) groups is 1. The quantitative estimate of drug-likeness (QED) is 0.502. The second-order valence-corrected chi connectivity index (χ2v) is 7.99. The minimum atomic E-state index is -0.00476. The molecular weight excluding hydrogens is 378 g/mol. The molecule has 0 saturated carbocycles. The van der Waals surface area contributed by atoms with Gasteiger partial charge in [-0.1, -0.05) is 0 Å². The maximum absolute atomic E-state index is 12.3. The third-order valence-corrected chi connectivity index (χ3v) is 5.88. The molecule has 7 nitrogen and oxygen atoms in total. The number of ketones is 1. The summed E-state index contributed by atoms with van der Waals surface area (Å²) < 4.78 is 5.64. The first-order valence-electron chi connectivity index (χ1n) is 10.2. The number of anilines is 1. The highest BCUT2D eigenvalue weighted by Gasteiger charge is 2.24. The number of rotatable bonds is 4. The lowest BCUT2D eigenvalue weighted by Gasteiger charge is -2.34. The second-order valence-electron chi connectivity index (χ2n) is 7.99. The van der Waals surface area contributed by atoms with E-state index in [9.17, 15) is 4.79 Å². The van der Waals surface area contributed by atoms with E-state index in [-0.39, 0.29) is 5.78 Å². The normalized spacial score (nSPS) is 15.2. The Labute approximate surface area is 174 Å². The van der Waals surface area contributed by atoms with Crippen molar-refractivity contribution in [1.82, 2.24) is 19.9 Å². The number of aromatic nitrogens is 3. The zero-order valence-electron chi connectivity index (χ0n) is 17.5. The largest absolute Gasteiger partial charge is 0.464 e. The Balaban J connectivity index is 1.59. The molecule has 1 fully saturated rings.